The smallest absolute Gasteiger partial charge is 0.341 e. The van der Waals surface area contributed by atoms with Crippen LogP contribution in [0.15, 0.2) is 24.3 Å². The minimum absolute atomic E-state index is 0.306. The average molecular weight is 234 g/mol. The van der Waals surface area contributed by atoms with Crippen LogP contribution < -0.4 is 0 Å². The maximum atomic E-state index is 11.8. The predicted molar refractivity (Wildman–Crippen MR) is 64.7 cm³/mol. The second-order valence-electron chi connectivity index (χ2n) is 4.67. The van der Waals surface area contributed by atoms with Gasteiger partial charge in [0.15, 0.2) is 5.60 Å². The number of epoxide rings is 1. The van der Waals surface area contributed by atoms with E-state index in [0.717, 1.165) is 12.0 Å². The van der Waals surface area contributed by atoms with Gasteiger partial charge >= 0.3 is 5.97 Å². The molecule has 2 unspecified atom stereocenters. The molecule has 0 spiro atoms. The summed E-state index contributed by atoms with van der Waals surface area (Å²) in [5, 5.41) is 0. The topological polar surface area (TPSA) is 38.8 Å². The Morgan fingerprint density at radius 1 is 1.35 bits per heavy atom. The molecule has 1 aliphatic rings. The Balaban J connectivity index is 2.36. The average Bonchev–Trinajstić information content (AvgIpc) is 2.97. The van der Waals surface area contributed by atoms with Gasteiger partial charge in [0.05, 0.1) is 7.11 Å². The van der Waals surface area contributed by atoms with Gasteiger partial charge in [-0.3, -0.25) is 0 Å². The largest absolute Gasteiger partial charge is 0.467 e. The normalized spacial score (nSPS) is 31.1. The Bertz CT molecular complexity index is 437. The molecule has 1 aromatic rings. The molecule has 17 heavy (non-hydrogen) atoms. The van der Waals surface area contributed by atoms with Gasteiger partial charge in [0, 0.05) is 0 Å². The first-order chi connectivity index (χ1) is 8.00. The fourth-order valence-corrected chi connectivity index (χ4v) is 2.50. The number of hydrogen-bond acceptors (Lipinski definition) is 3. The third-order valence-electron chi connectivity index (χ3n) is 3.70. The second-order valence-corrected chi connectivity index (χ2v) is 4.67. The number of ether oxygens (including phenoxy) is 2. The molecule has 0 bridgehead atoms. The second kappa shape index (κ2) is 3.84. The molecule has 0 radical (unpaired) electrons. The Labute approximate surface area is 102 Å². The molecule has 1 saturated heterocycles. The van der Waals surface area contributed by atoms with Gasteiger partial charge in [0.2, 0.25) is 0 Å². The molecule has 0 saturated carbocycles. The molecule has 1 aliphatic heterocycles. The lowest BCUT2D eigenvalue weighted by molar-refractivity contribution is -0.146. The van der Waals surface area contributed by atoms with E-state index >= 15 is 0 Å². The van der Waals surface area contributed by atoms with Gasteiger partial charge in [0.25, 0.3) is 0 Å². The van der Waals surface area contributed by atoms with E-state index in [1.807, 2.05) is 38.1 Å². The van der Waals surface area contributed by atoms with Crippen molar-refractivity contribution in [2.45, 2.75) is 38.4 Å². The van der Waals surface area contributed by atoms with Crippen molar-refractivity contribution in [2.24, 2.45) is 0 Å². The third kappa shape index (κ3) is 1.57. The lowest BCUT2D eigenvalue weighted by atomic mass is 9.85. The maximum Gasteiger partial charge on any atom is 0.341 e. The highest BCUT2D eigenvalue weighted by atomic mass is 16.7. The van der Waals surface area contributed by atoms with Crippen LogP contribution in [0.25, 0.3) is 0 Å². The summed E-state index contributed by atoms with van der Waals surface area (Å²) in [6.07, 6.45) is 0.752. The van der Waals surface area contributed by atoms with Gasteiger partial charge in [-0.05, 0) is 25.8 Å². The Hall–Kier alpha value is -1.35. The van der Waals surface area contributed by atoms with Crippen molar-refractivity contribution < 1.29 is 14.3 Å². The van der Waals surface area contributed by atoms with Crippen LogP contribution in [0.5, 0.6) is 0 Å². The van der Waals surface area contributed by atoms with Gasteiger partial charge in [-0.2, -0.15) is 0 Å². The van der Waals surface area contributed by atoms with E-state index in [1.54, 1.807) is 6.92 Å². The molecule has 92 valence electrons. The minimum atomic E-state index is -0.842. The number of esters is 1. The number of aryl methyl sites for hydroxylation is 1. The molecule has 0 aliphatic carbocycles. The highest BCUT2D eigenvalue weighted by molar-refractivity contribution is 5.84. The van der Waals surface area contributed by atoms with Gasteiger partial charge in [0.1, 0.15) is 5.60 Å². The fourth-order valence-electron chi connectivity index (χ4n) is 2.50. The zero-order valence-corrected chi connectivity index (χ0v) is 10.7. The van der Waals surface area contributed by atoms with Gasteiger partial charge < -0.3 is 9.47 Å². The van der Waals surface area contributed by atoms with Crippen molar-refractivity contribution in [3.8, 4) is 0 Å². The van der Waals surface area contributed by atoms with Crippen molar-refractivity contribution in [3.63, 3.8) is 0 Å². The van der Waals surface area contributed by atoms with Crippen molar-refractivity contribution in [1.29, 1.82) is 0 Å². The number of benzene rings is 1. The van der Waals surface area contributed by atoms with Crippen LogP contribution in [0, 0.1) is 6.92 Å². The van der Waals surface area contributed by atoms with Gasteiger partial charge in [-0.25, -0.2) is 4.79 Å². The summed E-state index contributed by atoms with van der Waals surface area (Å²) in [7, 11) is 1.39. The lowest BCUT2D eigenvalue weighted by Gasteiger charge is -2.14. The Morgan fingerprint density at radius 2 is 1.94 bits per heavy atom. The first-order valence-corrected chi connectivity index (χ1v) is 5.86. The van der Waals surface area contributed by atoms with E-state index in [2.05, 4.69) is 0 Å². The van der Waals surface area contributed by atoms with Crippen LogP contribution in [-0.4, -0.2) is 18.7 Å². The minimum Gasteiger partial charge on any atom is -0.467 e. The summed E-state index contributed by atoms with van der Waals surface area (Å²) in [5.41, 5.74) is 0.874. The monoisotopic (exact) mass is 234 g/mol. The Morgan fingerprint density at radius 3 is 2.41 bits per heavy atom. The number of carbonyl (C=O) groups excluding carboxylic acids is 1. The number of hydrogen-bond donors (Lipinski definition) is 0. The molecule has 1 fully saturated rings. The summed E-state index contributed by atoms with van der Waals surface area (Å²) < 4.78 is 10.6. The molecule has 0 aromatic heterocycles. The molecule has 0 N–H and O–H groups in total. The highest BCUT2D eigenvalue weighted by Crippen LogP contribution is 2.58. The number of carbonyl (C=O) groups is 1. The molecule has 2 rings (SSSR count). The quantitative estimate of drug-likeness (QED) is 0.596. The SMILES string of the molecule is CCC1(c2ccc(C)cc2)OC1(C)C(=O)OC. The molecule has 1 heterocycles. The summed E-state index contributed by atoms with van der Waals surface area (Å²) in [5.74, 6) is -0.306. The van der Waals surface area contributed by atoms with Crippen molar-refractivity contribution in [2.75, 3.05) is 7.11 Å². The first kappa shape index (κ1) is 12.1. The van der Waals surface area contributed by atoms with Gasteiger partial charge in [-0.15, -0.1) is 0 Å². The van der Waals surface area contributed by atoms with E-state index < -0.39 is 11.2 Å². The summed E-state index contributed by atoms with van der Waals surface area (Å²) in [4.78, 5) is 11.8. The molecule has 3 nitrogen and oxygen atoms in total. The van der Waals surface area contributed by atoms with Crippen LogP contribution in [0.3, 0.4) is 0 Å². The molecule has 1 aromatic carbocycles. The highest BCUT2D eigenvalue weighted by Gasteiger charge is 2.72. The lowest BCUT2D eigenvalue weighted by Crippen LogP contribution is -2.30. The van der Waals surface area contributed by atoms with Crippen LogP contribution in [0.2, 0.25) is 0 Å². The van der Waals surface area contributed by atoms with Crippen LogP contribution in [0.4, 0.5) is 0 Å². The maximum absolute atomic E-state index is 11.8. The summed E-state index contributed by atoms with van der Waals surface area (Å²) >= 11 is 0. The van der Waals surface area contributed by atoms with E-state index in [-0.39, 0.29) is 5.97 Å². The zero-order chi connectivity index (χ0) is 12.7. The molecule has 0 amide bonds. The first-order valence-electron chi connectivity index (χ1n) is 5.86. The van der Waals surface area contributed by atoms with Crippen LogP contribution >= 0.6 is 0 Å². The van der Waals surface area contributed by atoms with Gasteiger partial charge in [-0.1, -0.05) is 36.8 Å². The fraction of sp³-hybridized carbons (Fsp3) is 0.500. The molecule has 2 atom stereocenters. The standard InChI is InChI=1S/C14H18O3/c1-5-14(11-8-6-10(2)7-9-11)13(3,17-14)12(15)16-4/h6-9H,5H2,1-4H3. The van der Waals surface area contributed by atoms with E-state index in [4.69, 9.17) is 9.47 Å². The number of rotatable bonds is 3. The van der Waals surface area contributed by atoms with Crippen LogP contribution in [0.1, 0.15) is 31.4 Å². The van der Waals surface area contributed by atoms with Crippen molar-refractivity contribution in [1.82, 2.24) is 0 Å². The third-order valence-corrected chi connectivity index (χ3v) is 3.70. The molecular weight excluding hydrogens is 216 g/mol. The van der Waals surface area contributed by atoms with E-state index in [9.17, 15) is 4.79 Å². The molecular formula is C14H18O3. The van der Waals surface area contributed by atoms with Crippen LogP contribution in [-0.2, 0) is 19.9 Å². The summed E-state index contributed by atoms with van der Waals surface area (Å²) in [6, 6.07) is 8.11. The predicted octanol–water partition coefficient (Wildman–Crippen LogP) is 2.56. The van der Waals surface area contributed by atoms with E-state index in [0.29, 0.717) is 0 Å². The van der Waals surface area contributed by atoms with Crippen molar-refractivity contribution >= 4 is 5.97 Å². The Kier molecular flexibility index (Phi) is 2.74. The summed E-state index contributed by atoms with van der Waals surface area (Å²) in [6.45, 7) is 5.85. The van der Waals surface area contributed by atoms with E-state index in [1.165, 1.54) is 12.7 Å². The zero-order valence-electron chi connectivity index (χ0n) is 10.7. The van der Waals surface area contributed by atoms with Crippen molar-refractivity contribution in [3.05, 3.63) is 35.4 Å². The molecule has 3 heteroatoms. The number of methoxy groups -OCH3 is 1.